The van der Waals surface area contributed by atoms with Crippen LogP contribution >= 0.6 is 0 Å². The molecule has 4 rings (SSSR count). The molecule has 1 aromatic carbocycles. The third kappa shape index (κ3) is 5.09. The lowest BCUT2D eigenvalue weighted by Gasteiger charge is -2.32. The molecule has 29 heavy (non-hydrogen) atoms. The predicted octanol–water partition coefficient (Wildman–Crippen LogP) is 2.81. The molecule has 0 unspecified atom stereocenters. The van der Waals surface area contributed by atoms with Crippen LogP contribution in [0, 0.1) is 0 Å². The molecule has 150 valence electrons. The number of hydrogen-bond donors (Lipinski definition) is 1. The van der Waals surface area contributed by atoms with Gasteiger partial charge in [0.1, 0.15) is 5.69 Å². The summed E-state index contributed by atoms with van der Waals surface area (Å²) in [4.78, 5) is 19.1. The van der Waals surface area contributed by atoms with Crippen molar-refractivity contribution < 1.29 is 4.79 Å². The van der Waals surface area contributed by atoms with Crippen molar-refractivity contribution in [3.05, 3.63) is 72.1 Å². The van der Waals surface area contributed by atoms with Crippen LogP contribution in [-0.2, 0) is 24.8 Å². The van der Waals surface area contributed by atoms with Gasteiger partial charge in [-0.1, -0.05) is 36.4 Å². The second-order valence-corrected chi connectivity index (χ2v) is 7.64. The molecule has 0 atom stereocenters. The van der Waals surface area contributed by atoms with E-state index in [-0.39, 0.29) is 11.9 Å². The van der Waals surface area contributed by atoms with Gasteiger partial charge in [0.2, 0.25) is 5.91 Å². The number of carbonyl (C=O) groups is 1. The fourth-order valence-corrected chi connectivity index (χ4v) is 3.82. The second kappa shape index (κ2) is 9.01. The van der Waals surface area contributed by atoms with Crippen LogP contribution in [0.3, 0.4) is 0 Å². The zero-order chi connectivity index (χ0) is 20.1. The van der Waals surface area contributed by atoms with Crippen LogP contribution < -0.4 is 5.32 Å². The number of nitrogens with one attached hydrogen (secondary N) is 1. The molecule has 0 bridgehead atoms. The fraction of sp³-hybridized carbons (Fsp3) is 0.348. The van der Waals surface area contributed by atoms with Gasteiger partial charge in [0, 0.05) is 38.9 Å². The van der Waals surface area contributed by atoms with Crippen LogP contribution in [0.4, 0.5) is 0 Å². The molecule has 1 amide bonds. The van der Waals surface area contributed by atoms with E-state index in [0.717, 1.165) is 49.4 Å². The Labute approximate surface area is 171 Å². The number of pyridine rings is 1. The summed E-state index contributed by atoms with van der Waals surface area (Å²) < 4.78 is 1.94. The van der Waals surface area contributed by atoms with Gasteiger partial charge in [0.25, 0.3) is 0 Å². The predicted molar refractivity (Wildman–Crippen MR) is 113 cm³/mol. The number of piperidine rings is 1. The van der Waals surface area contributed by atoms with E-state index >= 15 is 0 Å². The Balaban J connectivity index is 1.27. The molecule has 6 heteroatoms. The first-order valence-electron chi connectivity index (χ1n) is 10.2. The summed E-state index contributed by atoms with van der Waals surface area (Å²) in [6.07, 6.45) is 4.20. The van der Waals surface area contributed by atoms with Crippen LogP contribution in [0.15, 0.2) is 60.8 Å². The highest BCUT2D eigenvalue weighted by atomic mass is 16.1. The summed E-state index contributed by atoms with van der Waals surface area (Å²) in [5.41, 5.74) is 4.04. The van der Waals surface area contributed by atoms with E-state index in [4.69, 9.17) is 0 Å². The molecule has 1 N–H and O–H groups in total. The first-order valence-corrected chi connectivity index (χ1v) is 10.2. The molecule has 3 aromatic rings. The van der Waals surface area contributed by atoms with Crippen LogP contribution in [-0.4, -0.2) is 44.7 Å². The molecular formula is C23H27N5O. The van der Waals surface area contributed by atoms with Crippen molar-refractivity contribution in [1.82, 2.24) is 25.0 Å². The minimum Gasteiger partial charge on any atom is -0.353 e. The minimum atomic E-state index is 0.112. The average Bonchev–Trinajstić information content (AvgIpc) is 3.11. The molecule has 0 spiro atoms. The van der Waals surface area contributed by atoms with Gasteiger partial charge >= 0.3 is 0 Å². The monoisotopic (exact) mass is 389 g/mol. The van der Waals surface area contributed by atoms with Crippen molar-refractivity contribution in [3.63, 3.8) is 0 Å². The van der Waals surface area contributed by atoms with Crippen LogP contribution in [0.2, 0.25) is 0 Å². The van der Waals surface area contributed by atoms with Gasteiger partial charge in [-0.2, -0.15) is 5.10 Å². The lowest BCUT2D eigenvalue weighted by Crippen LogP contribution is -2.44. The summed E-state index contributed by atoms with van der Waals surface area (Å²) in [5.74, 6) is 0.112. The van der Waals surface area contributed by atoms with E-state index in [9.17, 15) is 4.79 Å². The standard InChI is InChI=1S/C23H27N5O/c1-27-20(16-22(26-27)21-9-5-6-12-24-21)17-28-13-10-19(11-14-28)25-23(29)15-18-7-3-2-4-8-18/h2-9,12,16,19H,10-11,13-15,17H2,1H3,(H,25,29). The van der Waals surface area contributed by atoms with Crippen molar-refractivity contribution in [2.24, 2.45) is 7.05 Å². The van der Waals surface area contributed by atoms with Crippen molar-refractivity contribution >= 4 is 5.91 Å². The van der Waals surface area contributed by atoms with E-state index in [1.54, 1.807) is 6.20 Å². The topological polar surface area (TPSA) is 63.1 Å². The third-order valence-corrected chi connectivity index (χ3v) is 5.45. The number of aromatic nitrogens is 3. The maximum atomic E-state index is 12.3. The number of likely N-dealkylation sites (tertiary alicyclic amines) is 1. The summed E-state index contributed by atoms with van der Waals surface area (Å²) in [5, 5.41) is 7.81. The van der Waals surface area contributed by atoms with Crippen LogP contribution in [0.5, 0.6) is 0 Å². The smallest absolute Gasteiger partial charge is 0.224 e. The van der Waals surface area contributed by atoms with Crippen molar-refractivity contribution in [1.29, 1.82) is 0 Å². The maximum Gasteiger partial charge on any atom is 0.224 e. The van der Waals surface area contributed by atoms with Crippen LogP contribution in [0.25, 0.3) is 11.4 Å². The summed E-state index contributed by atoms with van der Waals surface area (Å²) in [6.45, 7) is 2.81. The quantitative estimate of drug-likeness (QED) is 0.704. The molecule has 0 saturated carbocycles. The minimum absolute atomic E-state index is 0.112. The van der Waals surface area contributed by atoms with E-state index in [2.05, 4.69) is 26.4 Å². The van der Waals surface area contributed by atoms with Crippen molar-refractivity contribution in [3.8, 4) is 11.4 Å². The summed E-state index contributed by atoms with van der Waals surface area (Å²) >= 11 is 0. The highest BCUT2D eigenvalue weighted by Crippen LogP contribution is 2.19. The molecule has 2 aromatic heterocycles. The number of aryl methyl sites for hydroxylation is 1. The fourth-order valence-electron chi connectivity index (χ4n) is 3.82. The maximum absolute atomic E-state index is 12.3. The van der Waals surface area contributed by atoms with E-state index in [1.165, 1.54) is 5.69 Å². The number of amides is 1. The molecule has 1 aliphatic rings. The van der Waals surface area contributed by atoms with E-state index in [0.29, 0.717) is 6.42 Å². The molecule has 1 aliphatic heterocycles. The van der Waals surface area contributed by atoms with Gasteiger partial charge < -0.3 is 5.32 Å². The number of rotatable bonds is 6. The van der Waals surface area contributed by atoms with Crippen molar-refractivity contribution in [2.75, 3.05) is 13.1 Å². The van der Waals surface area contributed by atoms with E-state index in [1.807, 2.05) is 60.3 Å². The zero-order valence-electron chi connectivity index (χ0n) is 16.8. The first-order chi connectivity index (χ1) is 14.2. The summed E-state index contributed by atoms with van der Waals surface area (Å²) in [6, 6.07) is 18.2. The Morgan fingerprint density at radius 2 is 1.83 bits per heavy atom. The molecule has 3 heterocycles. The Hall–Kier alpha value is -2.99. The van der Waals surface area contributed by atoms with Gasteiger partial charge in [-0.3, -0.25) is 19.4 Å². The lowest BCUT2D eigenvalue weighted by atomic mass is 10.0. The molecule has 1 fully saturated rings. The lowest BCUT2D eigenvalue weighted by molar-refractivity contribution is -0.121. The molecule has 6 nitrogen and oxygen atoms in total. The van der Waals surface area contributed by atoms with Gasteiger partial charge in [-0.15, -0.1) is 0 Å². The Morgan fingerprint density at radius 3 is 2.55 bits per heavy atom. The van der Waals surface area contributed by atoms with Crippen LogP contribution in [0.1, 0.15) is 24.1 Å². The highest BCUT2D eigenvalue weighted by molar-refractivity contribution is 5.78. The van der Waals surface area contributed by atoms with Crippen molar-refractivity contribution in [2.45, 2.75) is 31.8 Å². The Bertz CT molecular complexity index is 930. The average molecular weight is 390 g/mol. The van der Waals surface area contributed by atoms with Gasteiger partial charge in [-0.05, 0) is 36.6 Å². The molecule has 0 aliphatic carbocycles. The third-order valence-electron chi connectivity index (χ3n) is 5.45. The molecule has 1 saturated heterocycles. The number of hydrogen-bond acceptors (Lipinski definition) is 4. The molecular weight excluding hydrogens is 362 g/mol. The Morgan fingerprint density at radius 1 is 1.07 bits per heavy atom. The normalized spacial score (nSPS) is 15.3. The summed E-state index contributed by atoms with van der Waals surface area (Å²) in [7, 11) is 1.98. The van der Waals surface area contributed by atoms with Gasteiger partial charge in [0.05, 0.1) is 17.8 Å². The number of nitrogens with zero attached hydrogens (tertiary/aromatic N) is 4. The number of carbonyl (C=O) groups excluding carboxylic acids is 1. The largest absolute Gasteiger partial charge is 0.353 e. The van der Waals surface area contributed by atoms with Gasteiger partial charge in [-0.25, -0.2) is 0 Å². The second-order valence-electron chi connectivity index (χ2n) is 7.64. The number of benzene rings is 1. The first kappa shape index (κ1) is 19.3. The zero-order valence-corrected chi connectivity index (χ0v) is 16.8. The molecule has 0 radical (unpaired) electrons. The van der Waals surface area contributed by atoms with E-state index < -0.39 is 0 Å². The highest BCUT2D eigenvalue weighted by Gasteiger charge is 2.22. The Kier molecular flexibility index (Phi) is 6.00. The van der Waals surface area contributed by atoms with Gasteiger partial charge in [0.15, 0.2) is 0 Å². The SMILES string of the molecule is Cn1nc(-c2ccccn2)cc1CN1CCC(NC(=O)Cc2ccccc2)CC1.